The monoisotopic (exact) mass is 352 g/mol. The number of aromatic amines is 1. The number of morpholine rings is 1. The number of nitrogens with one attached hydrogen (secondary N) is 1. The molecule has 130 valence electrons. The lowest BCUT2D eigenvalue weighted by atomic mass is 10.3. The molecule has 2 aliphatic heterocycles. The van der Waals surface area contributed by atoms with E-state index in [9.17, 15) is 8.42 Å². The lowest BCUT2D eigenvalue weighted by Crippen LogP contribution is -2.55. The number of hydrogen-bond acceptors (Lipinski definition) is 6. The first kappa shape index (κ1) is 15.8. The standard InChI is InChI=1S/C14H20N6O3S/c21-24(22,20-7-9-23-10-8-20)19-5-3-18(4-6-19)14-13-12(1-2-15-13)16-11-17-14/h1-2,11,15H,3-10H2. The van der Waals surface area contributed by atoms with Crippen molar-refractivity contribution < 1.29 is 13.2 Å². The largest absolute Gasteiger partial charge is 0.379 e. The molecule has 0 radical (unpaired) electrons. The normalized spacial score (nSPS) is 21.4. The van der Waals surface area contributed by atoms with Gasteiger partial charge in [0.25, 0.3) is 10.2 Å². The zero-order valence-electron chi connectivity index (χ0n) is 13.3. The van der Waals surface area contributed by atoms with Crippen LogP contribution in [0.3, 0.4) is 0 Å². The molecule has 4 heterocycles. The van der Waals surface area contributed by atoms with E-state index in [2.05, 4.69) is 19.9 Å². The van der Waals surface area contributed by atoms with Crippen molar-refractivity contribution in [2.24, 2.45) is 0 Å². The fourth-order valence-corrected chi connectivity index (χ4v) is 4.73. The Labute approximate surface area is 140 Å². The van der Waals surface area contributed by atoms with Gasteiger partial charge in [0.15, 0.2) is 5.82 Å². The molecule has 0 unspecified atom stereocenters. The molecule has 1 N–H and O–H groups in total. The number of nitrogens with zero attached hydrogens (tertiary/aromatic N) is 5. The molecule has 0 aliphatic carbocycles. The number of aromatic nitrogens is 3. The Balaban J connectivity index is 1.48. The average molecular weight is 352 g/mol. The van der Waals surface area contributed by atoms with Gasteiger partial charge in [-0.2, -0.15) is 17.0 Å². The summed E-state index contributed by atoms with van der Waals surface area (Å²) < 4.78 is 33.7. The Morgan fingerprint density at radius 3 is 2.46 bits per heavy atom. The minimum atomic E-state index is -3.40. The van der Waals surface area contributed by atoms with E-state index in [1.807, 2.05) is 12.3 Å². The summed E-state index contributed by atoms with van der Waals surface area (Å²) in [5.41, 5.74) is 1.75. The van der Waals surface area contributed by atoms with E-state index < -0.39 is 10.2 Å². The van der Waals surface area contributed by atoms with Crippen molar-refractivity contribution in [3.05, 3.63) is 18.6 Å². The molecule has 2 fully saturated rings. The highest BCUT2D eigenvalue weighted by atomic mass is 32.2. The Morgan fingerprint density at radius 1 is 1.00 bits per heavy atom. The van der Waals surface area contributed by atoms with Crippen LogP contribution >= 0.6 is 0 Å². The number of anilines is 1. The summed E-state index contributed by atoms with van der Waals surface area (Å²) in [6, 6.07) is 1.90. The molecule has 0 bridgehead atoms. The molecule has 10 heteroatoms. The molecule has 2 aromatic rings. The van der Waals surface area contributed by atoms with Crippen LogP contribution in [-0.4, -0.2) is 84.5 Å². The van der Waals surface area contributed by atoms with Gasteiger partial charge in [-0.25, -0.2) is 9.97 Å². The van der Waals surface area contributed by atoms with Crippen LogP contribution in [-0.2, 0) is 14.9 Å². The molecule has 0 atom stereocenters. The maximum Gasteiger partial charge on any atom is 0.282 e. The topological polar surface area (TPSA) is 94.7 Å². The molecule has 4 rings (SSSR count). The van der Waals surface area contributed by atoms with Crippen LogP contribution in [0.2, 0.25) is 0 Å². The first-order chi connectivity index (χ1) is 11.7. The van der Waals surface area contributed by atoms with E-state index in [0.717, 1.165) is 16.9 Å². The SMILES string of the molecule is O=S(=O)(N1CCOCC1)N1CCN(c2ncnc3cc[nH]c23)CC1. The predicted octanol–water partition coefficient (Wildman–Crippen LogP) is -0.343. The van der Waals surface area contributed by atoms with E-state index in [1.54, 1.807) is 10.6 Å². The molecule has 2 aliphatic rings. The molecule has 0 spiro atoms. The van der Waals surface area contributed by atoms with Crippen LogP contribution in [0.1, 0.15) is 0 Å². The van der Waals surface area contributed by atoms with Crippen molar-refractivity contribution in [1.82, 2.24) is 23.6 Å². The highest BCUT2D eigenvalue weighted by Crippen LogP contribution is 2.23. The van der Waals surface area contributed by atoms with Crippen molar-refractivity contribution in [2.45, 2.75) is 0 Å². The Hall–Kier alpha value is -1.75. The van der Waals surface area contributed by atoms with Gasteiger partial charge in [-0.05, 0) is 6.07 Å². The Kier molecular flexibility index (Phi) is 4.12. The molecule has 0 aromatic carbocycles. The molecule has 2 saturated heterocycles. The van der Waals surface area contributed by atoms with Crippen LogP contribution in [0.4, 0.5) is 5.82 Å². The lowest BCUT2D eigenvalue weighted by molar-refractivity contribution is 0.0700. The minimum absolute atomic E-state index is 0.428. The summed E-state index contributed by atoms with van der Waals surface area (Å²) in [4.78, 5) is 13.8. The maximum atomic E-state index is 12.7. The second-order valence-corrected chi connectivity index (χ2v) is 7.77. The number of fused-ring (bicyclic) bond motifs is 1. The fraction of sp³-hybridized carbons (Fsp3) is 0.571. The molecule has 9 nitrogen and oxygen atoms in total. The van der Waals surface area contributed by atoms with Gasteiger partial charge in [0.2, 0.25) is 0 Å². The number of H-pyrrole nitrogens is 1. The quantitative estimate of drug-likeness (QED) is 0.812. The Bertz CT molecular complexity index is 809. The zero-order valence-corrected chi connectivity index (χ0v) is 14.1. The van der Waals surface area contributed by atoms with Gasteiger partial charge in [0.05, 0.1) is 18.7 Å². The van der Waals surface area contributed by atoms with Gasteiger partial charge < -0.3 is 14.6 Å². The summed E-state index contributed by atoms with van der Waals surface area (Å²) in [5, 5.41) is 0. The van der Waals surface area contributed by atoms with Gasteiger partial charge in [-0.3, -0.25) is 0 Å². The van der Waals surface area contributed by atoms with E-state index in [1.165, 1.54) is 4.31 Å². The highest BCUT2D eigenvalue weighted by molar-refractivity contribution is 7.86. The smallest absolute Gasteiger partial charge is 0.282 e. The zero-order chi connectivity index (χ0) is 16.6. The van der Waals surface area contributed by atoms with E-state index >= 15 is 0 Å². The predicted molar refractivity (Wildman–Crippen MR) is 89.0 cm³/mol. The highest BCUT2D eigenvalue weighted by Gasteiger charge is 2.33. The first-order valence-electron chi connectivity index (χ1n) is 8.02. The van der Waals surface area contributed by atoms with Crippen LogP contribution in [0.5, 0.6) is 0 Å². The molecule has 0 amide bonds. The molecular weight excluding hydrogens is 332 g/mol. The Morgan fingerprint density at radius 2 is 1.71 bits per heavy atom. The van der Waals surface area contributed by atoms with Gasteiger partial charge in [-0.15, -0.1) is 0 Å². The second kappa shape index (κ2) is 6.28. The summed E-state index contributed by atoms with van der Waals surface area (Å²) in [6.07, 6.45) is 3.38. The van der Waals surface area contributed by atoms with Crippen molar-refractivity contribution in [3.63, 3.8) is 0 Å². The van der Waals surface area contributed by atoms with Crippen LogP contribution in [0.25, 0.3) is 11.0 Å². The third kappa shape index (κ3) is 2.75. The van der Waals surface area contributed by atoms with Crippen LogP contribution in [0, 0.1) is 0 Å². The summed E-state index contributed by atoms with van der Waals surface area (Å²) in [6.45, 7) is 3.90. The lowest BCUT2D eigenvalue weighted by Gasteiger charge is -2.38. The number of ether oxygens (including phenoxy) is 1. The van der Waals surface area contributed by atoms with Gasteiger partial charge in [0.1, 0.15) is 11.8 Å². The van der Waals surface area contributed by atoms with E-state index in [-0.39, 0.29) is 0 Å². The third-order valence-corrected chi connectivity index (χ3v) is 6.52. The van der Waals surface area contributed by atoms with Crippen molar-refractivity contribution >= 4 is 27.1 Å². The maximum absolute atomic E-state index is 12.7. The van der Waals surface area contributed by atoms with E-state index in [4.69, 9.17) is 4.74 Å². The van der Waals surface area contributed by atoms with E-state index in [0.29, 0.717) is 52.5 Å². The summed E-state index contributed by atoms with van der Waals surface area (Å²) in [5.74, 6) is 0.827. The number of hydrogen-bond donors (Lipinski definition) is 1. The fourth-order valence-electron chi connectivity index (χ4n) is 3.17. The summed E-state index contributed by atoms with van der Waals surface area (Å²) >= 11 is 0. The first-order valence-corrected chi connectivity index (χ1v) is 9.42. The average Bonchev–Trinajstić information content (AvgIpc) is 3.11. The third-order valence-electron chi connectivity index (χ3n) is 4.49. The molecule has 24 heavy (non-hydrogen) atoms. The van der Waals surface area contributed by atoms with Crippen LogP contribution in [0.15, 0.2) is 18.6 Å². The second-order valence-electron chi connectivity index (χ2n) is 5.84. The van der Waals surface area contributed by atoms with Crippen LogP contribution < -0.4 is 4.90 Å². The summed E-state index contributed by atoms with van der Waals surface area (Å²) in [7, 11) is -3.40. The number of rotatable bonds is 3. The minimum Gasteiger partial charge on any atom is -0.379 e. The van der Waals surface area contributed by atoms with Crippen molar-refractivity contribution in [3.8, 4) is 0 Å². The number of piperazine rings is 1. The molecule has 2 aromatic heterocycles. The van der Waals surface area contributed by atoms with Gasteiger partial charge >= 0.3 is 0 Å². The molecule has 0 saturated carbocycles. The van der Waals surface area contributed by atoms with Gasteiger partial charge in [-0.1, -0.05) is 0 Å². The van der Waals surface area contributed by atoms with Gasteiger partial charge in [0, 0.05) is 45.5 Å². The molecular formula is C14H20N6O3S. The van der Waals surface area contributed by atoms with Crippen molar-refractivity contribution in [2.75, 3.05) is 57.4 Å². The van der Waals surface area contributed by atoms with Crippen molar-refractivity contribution in [1.29, 1.82) is 0 Å².